The van der Waals surface area contributed by atoms with Gasteiger partial charge in [0.05, 0.1) is 10.6 Å². The van der Waals surface area contributed by atoms with Gasteiger partial charge in [0, 0.05) is 7.05 Å². The van der Waals surface area contributed by atoms with Crippen LogP contribution in [-0.2, 0) is 7.05 Å². The molecule has 0 unspecified atom stereocenters. The largest absolute Gasteiger partial charge is 0.368 e. The van der Waals surface area contributed by atoms with Crippen LogP contribution in [0.4, 0.5) is 10.3 Å². The second-order valence-corrected chi connectivity index (χ2v) is 3.42. The third-order valence-corrected chi connectivity index (χ3v) is 2.30. The minimum atomic E-state index is -0.465. The van der Waals surface area contributed by atoms with E-state index >= 15 is 0 Å². The van der Waals surface area contributed by atoms with Gasteiger partial charge in [-0.2, -0.15) is 4.98 Å². The molecule has 0 saturated heterocycles. The number of halogens is 2. The molecule has 0 aliphatic heterocycles. The van der Waals surface area contributed by atoms with E-state index in [2.05, 4.69) is 10.1 Å². The van der Waals surface area contributed by atoms with Gasteiger partial charge in [0.1, 0.15) is 5.82 Å². The summed E-state index contributed by atoms with van der Waals surface area (Å²) in [5.74, 6) is -0.0597. The lowest BCUT2D eigenvalue weighted by Crippen LogP contribution is -1.97. The average Bonchev–Trinajstić information content (AvgIpc) is 2.46. The summed E-state index contributed by atoms with van der Waals surface area (Å²) in [5.41, 5.74) is 5.67. The lowest BCUT2D eigenvalue weighted by Gasteiger charge is -1.99. The van der Waals surface area contributed by atoms with Gasteiger partial charge in [0.2, 0.25) is 5.95 Å². The third-order valence-electron chi connectivity index (χ3n) is 1.98. The fourth-order valence-electron chi connectivity index (χ4n) is 1.21. The van der Waals surface area contributed by atoms with Gasteiger partial charge < -0.3 is 5.73 Å². The second kappa shape index (κ2) is 3.51. The Morgan fingerprint density at radius 1 is 1.47 bits per heavy atom. The van der Waals surface area contributed by atoms with Crippen LogP contribution in [0.15, 0.2) is 18.2 Å². The van der Waals surface area contributed by atoms with Crippen LogP contribution in [0.3, 0.4) is 0 Å². The molecule has 0 aliphatic carbocycles. The van der Waals surface area contributed by atoms with Crippen molar-refractivity contribution in [3.8, 4) is 11.4 Å². The summed E-state index contributed by atoms with van der Waals surface area (Å²) in [6.45, 7) is 0. The van der Waals surface area contributed by atoms with Crippen molar-refractivity contribution in [2.75, 3.05) is 5.73 Å². The molecule has 0 atom stereocenters. The van der Waals surface area contributed by atoms with Gasteiger partial charge in [0.25, 0.3) is 0 Å². The van der Waals surface area contributed by atoms with Crippen molar-refractivity contribution in [1.82, 2.24) is 14.8 Å². The number of benzene rings is 1. The highest BCUT2D eigenvalue weighted by Crippen LogP contribution is 2.28. The zero-order valence-electron chi connectivity index (χ0n) is 7.91. The summed E-state index contributed by atoms with van der Waals surface area (Å²) in [5, 5.41) is 4.22. The molecule has 0 bridgehead atoms. The number of nitrogens with zero attached hydrogens (tertiary/aromatic N) is 3. The first-order chi connectivity index (χ1) is 7.09. The SMILES string of the molecule is Cn1nc(-c2c(F)cccc2Cl)nc1N. The van der Waals surface area contributed by atoms with Crippen molar-refractivity contribution in [2.45, 2.75) is 0 Å². The number of hydrogen-bond donors (Lipinski definition) is 1. The molecule has 2 N–H and O–H groups in total. The molecule has 1 heterocycles. The van der Waals surface area contributed by atoms with E-state index in [4.69, 9.17) is 17.3 Å². The summed E-state index contributed by atoms with van der Waals surface area (Å²) in [4.78, 5) is 3.91. The lowest BCUT2D eigenvalue weighted by atomic mass is 10.2. The van der Waals surface area contributed by atoms with Gasteiger partial charge in [-0.3, -0.25) is 0 Å². The maximum atomic E-state index is 13.5. The van der Waals surface area contributed by atoms with Crippen molar-refractivity contribution in [2.24, 2.45) is 7.05 Å². The molecule has 0 spiro atoms. The number of nitrogens with two attached hydrogens (primary N) is 1. The summed E-state index contributed by atoms with van der Waals surface area (Å²) in [6, 6.07) is 4.40. The Morgan fingerprint density at radius 2 is 2.20 bits per heavy atom. The van der Waals surface area contributed by atoms with Crippen LogP contribution >= 0.6 is 11.6 Å². The van der Waals surface area contributed by atoms with Gasteiger partial charge in [-0.25, -0.2) is 9.07 Å². The van der Waals surface area contributed by atoms with Crippen LogP contribution in [0.25, 0.3) is 11.4 Å². The first kappa shape index (κ1) is 9.92. The Bertz CT molecular complexity index is 469. The molecule has 2 aromatic rings. The molecule has 1 aromatic heterocycles. The van der Waals surface area contributed by atoms with Crippen molar-refractivity contribution >= 4 is 17.5 Å². The van der Waals surface area contributed by atoms with E-state index in [1.54, 1.807) is 13.1 Å². The van der Waals surface area contributed by atoms with E-state index in [0.29, 0.717) is 0 Å². The Kier molecular flexibility index (Phi) is 2.32. The molecule has 15 heavy (non-hydrogen) atoms. The van der Waals surface area contributed by atoms with E-state index in [9.17, 15) is 4.39 Å². The quantitative estimate of drug-likeness (QED) is 0.808. The van der Waals surface area contributed by atoms with Crippen molar-refractivity contribution in [1.29, 1.82) is 0 Å². The zero-order chi connectivity index (χ0) is 11.0. The van der Waals surface area contributed by atoms with Crippen LogP contribution < -0.4 is 5.73 Å². The Morgan fingerprint density at radius 3 is 2.73 bits per heavy atom. The van der Waals surface area contributed by atoms with Gasteiger partial charge in [0.15, 0.2) is 5.82 Å². The van der Waals surface area contributed by atoms with E-state index in [1.165, 1.54) is 16.8 Å². The molecule has 0 aliphatic rings. The number of hydrogen-bond acceptors (Lipinski definition) is 3. The number of aryl methyl sites for hydroxylation is 1. The fraction of sp³-hybridized carbons (Fsp3) is 0.111. The predicted molar refractivity (Wildman–Crippen MR) is 55.8 cm³/mol. The van der Waals surface area contributed by atoms with E-state index in [0.717, 1.165) is 0 Å². The summed E-state index contributed by atoms with van der Waals surface area (Å²) in [6.07, 6.45) is 0. The zero-order valence-corrected chi connectivity index (χ0v) is 8.66. The third kappa shape index (κ3) is 1.66. The second-order valence-electron chi connectivity index (χ2n) is 3.01. The fourth-order valence-corrected chi connectivity index (χ4v) is 1.46. The topological polar surface area (TPSA) is 56.7 Å². The highest BCUT2D eigenvalue weighted by molar-refractivity contribution is 6.33. The van der Waals surface area contributed by atoms with E-state index in [1.807, 2.05) is 0 Å². The highest BCUT2D eigenvalue weighted by Gasteiger charge is 2.14. The van der Waals surface area contributed by atoms with E-state index in [-0.39, 0.29) is 22.4 Å². The average molecular weight is 227 g/mol. The van der Waals surface area contributed by atoms with Gasteiger partial charge >= 0.3 is 0 Å². The summed E-state index contributed by atoms with van der Waals surface area (Å²) in [7, 11) is 1.63. The Hall–Kier alpha value is -1.62. The van der Waals surface area contributed by atoms with Crippen LogP contribution in [-0.4, -0.2) is 14.8 Å². The summed E-state index contributed by atoms with van der Waals surface area (Å²) >= 11 is 5.86. The Labute approximate surface area is 90.5 Å². The van der Waals surface area contributed by atoms with E-state index < -0.39 is 5.82 Å². The standard InChI is InChI=1S/C9H8ClFN4/c1-15-9(12)13-8(14-15)7-5(10)3-2-4-6(7)11/h2-4H,1H3,(H2,12,13,14). The normalized spacial score (nSPS) is 10.6. The minimum absolute atomic E-state index is 0.173. The van der Waals surface area contributed by atoms with Gasteiger partial charge in [-0.15, -0.1) is 5.10 Å². The molecule has 0 amide bonds. The number of anilines is 1. The van der Waals surface area contributed by atoms with Crippen LogP contribution in [0, 0.1) is 5.82 Å². The molecule has 1 aromatic carbocycles. The smallest absolute Gasteiger partial charge is 0.218 e. The number of aromatic nitrogens is 3. The maximum absolute atomic E-state index is 13.5. The molecule has 78 valence electrons. The number of rotatable bonds is 1. The molecule has 2 rings (SSSR count). The van der Waals surface area contributed by atoms with Crippen LogP contribution in [0.2, 0.25) is 5.02 Å². The molecule has 0 saturated carbocycles. The van der Waals surface area contributed by atoms with Crippen molar-refractivity contribution in [3.63, 3.8) is 0 Å². The lowest BCUT2D eigenvalue weighted by molar-refractivity contribution is 0.629. The first-order valence-corrected chi connectivity index (χ1v) is 4.58. The molecule has 0 radical (unpaired) electrons. The summed E-state index contributed by atoms with van der Waals surface area (Å²) < 4.78 is 14.8. The van der Waals surface area contributed by atoms with Crippen molar-refractivity contribution < 1.29 is 4.39 Å². The maximum Gasteiger partial charge on any atom is 0.218 e. The molecule has 6 heteroatoms. The predicted octanol–water partition coefficient (Wildman–Crippen LogP) is 1.86. The first-order valence-electron chi connectivity index (χ1n) is 4.20. The highest BCUT2D eigenvalue weighted by atomic mass is 35.5. The minimum Gasteiger partial charge on any atom is -0.368 e. The molecular weight excluding hydrogens is 219 g/mol. The monoisotopic (exact) mass is 226 g/mol. The number of nitrogen functional groups attached to an aromatic ring is 1. The van der Waals surface area contributed by atoms with Gasteiger partial charge in [-0.1, -0.05) is 17.7 Å². The van der Waals surface area contributed by atoms with Crippen LogP contribution in [0.1, 0.15) is 0 Å². The molecule has 4 nitrogen and oxygen atoms in total. The molecule has 0 fully saturated rings. The van der Waals surface area contributed by atoms with Crippen molar-refractivity contribution in [3.05, 3.63) is 29.0 Å². The van der Waals surface area contributed by atoms with Crippen LogP contribution in [0.5, 0.6) is 0 Å². The molecular formula is C9H8ClFN4. The van der Waals surface area contributed by atoms with Gasteiger partial charge in [-0.05, 0) is 12.1 Å². The Balaban J connectivity index is 2.63.